The normalized spacial score (nSPS) is 12.7. The molecule has 1 atom stereocenters. The first kappa shape index (κ1) is 13.3. The van der Waals surface area contributed by atoms with Crippen molar-refractivity contribution >= 4 is 22.2 Å². The zero-order valence-electron chi connectivity index (χ0n) is 11.8. The number of para-hydroxylation sites is 1. The van der Waals surface area contributed by atoms with Crippen LogP contribution in [0, 0.1) is 6.92 Å². The van der Waals surface area contributed by atoms with E-state index in [0.29, 0.717) is 0 Å². The minimum Gasteiger partial charge on any atom is -0.311 e. The van der Waals surface area contributed by atoms with Crippen LogP contribution in [0.25, 0.3) is 10.9 Å². The lowest BCUT2D eigenvalue weighted by molar-refractivity contribution is 0.582. The van der Waals surface area contributed by atoms with Gasteiger partial charge in [-0.3, -0.25) is 4.98 Å². The van der Waals surface area contributed by atoms with Gasteiger partial charge in [0.05, 0.1) is 17.3 Å². The Morgan fingerprint density at radius 1 is 1.20 bits per heavy atom. The molecule has 1 aromatic carbocycles. The number of aryl methyl sites for hydroxylation is 1. The molecule has 2 aromatic heterocycles. The van der Waals surface area contributed by atoms with Gasteiger partial charge in [0.1, 0.15) is 0 Å². The number of fused-ring (bicyclic) bond motifs is 1. The van der Waals surface area contributed by atoms with Gasteiger partial charge in [-0.1, -0.05) is 24.3 Å². The molecule has 1 unspecified atom stereocenters. The van der Waals surface area contributed by atoms with E-state index in [1.807, 2.05) is 13.1 Å². The van der Waals surface area contributed by atoms with Gasteiger partial charge in [-0.15, -0.1) is 11.3 Å². The Labute approximate surface area is 123 Å². The fraction of sp³-hybridized carbons (Fsp3) is 0.235. The number of nitrogens with one attached hydrogen (secondary N) is 1. The third-order valence-electron chi connectivity index (χ3n) is 3.63. The van der Waals surface area contributed by atoms with Crippen LogP contribution in [0.3, 0.4) is 0 Å². The standard InChI is InChI=1S/C17H18N2S/c1-12-10-17(19-15-8-4-3-7-14(12)15)16(18-2)11-13-6-5-9-20-13/h3-10,16,18H,11H2,1-2H3. The van der Waals surface area contributed by atoms with E-state index >= 15 is 0 Å². The minimum atomic E-state index is 0.261. The van der Waals surface area contributed by atoms with E-state index in [-0.39, 0.29) is 6.04 Å². The van der Waals surface area contributed by atoms with Crippen LogP contribution in [-0.2, 0) is 6.42 Å². The average Bonchev–Trinajstić information content (AvgIpc) is 2.97. The highest BCUT2D eigenvalue weighted by molar-refractivity contribution is 7.09. The first-order valence-corrected chi connectivity index (χ1v) is 7.72. The smallest absolute Gasteiger partial charge is 0.0708 e. The van der Waals surface area contributed by atoms with Crippen LogP contribution in [0.2, 0.25) is 0 Å². The van der Waals surface area contributed by atoms with E-state index in [9.17, 15) is 0 Å². The number of benzene rings is 1. The monoisotopic (exact) mass is 282 g/mol. The van der Waals surface area contributed by atoms with Crippen molar-refractivity contribution in [1.82, 2.24) is 10.3 Å². The van der Waals surface area contributed by atoms with Gasteiger partial charge in [0.2, 0.25) is 0 Å². The first-order valence-electron chi connectivity index (χ1n) is 6.84. The van der Waals surface area contributed by atoms with Gasteiger partial charge in [-0.25, -0.2) is 0 Å². The van der Waals surface area contributed by atoms with Crippen LogP contribution in [0.5, 0.6) is 0 Å². The molecule has 0 amide bonds. The SMILES string of the molecule is CNC(Cc1cccs1)c1cc(C)c2ccccc2n1. The molecule has 0 saturated carbocycles. The number of nitrogens with zero attached hydrogens (tertiary/aromatic N) is 1. The van der Waals surface area contributed by atoms with E-state index in [1.165, 1.54) is 15.8 Å². The van der Waals surface area contributed by atoms with Crippen LogP contribution in [0.1, 0.15) is 22.2 Å². The predicted octanol–water partition coefficient (Wildman–Crippen LogP) is 4.11. The largest absolute Gasteiger partial charge is 0.311 e. The maximum atomic E-state index is 4.83. The summed E-state index contributed by atoms with van der Waals surface area (Å²) in [5, 5.41) is 6.76. The van der Waals surface area contributed by atoms with Crippen LogP contribution in [-0.4, -0.2) is 12.0 Å². The Kier molecular flexibility index (Phi) is 3.81. The molecule has 3 heteroatoms. The Morgan fingerprint density at radius 2 is 2.05 bits per heavy atom. The minimum absolute atomic E-state index is 0.261. The van der Waals surface area contributed by atoms with Gasteiger partial charge >= 0.3 is 0 Å². The molecule has 1 N–H and O–H groups in total. The summed E-state index contributed by atoms with van der Waals surface area (Å²) in [6.45, 7) is 2.16. The Bertz CT molecular complexity index is 704. The molecular weight excluding hydrogens is 264 g/mol. The molecule has 0 fully saturated rings. The molecule has 20 heavy (non-hydrogen) atoms. The maximum absolute atomic E-state index is 4.83. The molecule has 0 spiro atoms. The molecule has 0 aliphatic rings. The summed E-state index contributed by atoms with van der Waals surface area (Å²) in [4.78, 5) is 6.22. The summed E-state index contributed by atoms with van der Waals surface area (Å²) >= 11 is 1.80. The van der Waals surface area contributed by atoms with Crippen molar-refractivity contribution in [2.45, 2.75) is 19.4 Å². The molecule has 2 nitrogen and oxygen atoms in total. The van der Waals surface area contributed by atoms with Gasteiger partial charge in [0.15, 0.2) is 0 Å². The summed E-state index contributed by atoms with van der Waals surface area (Å²) in [7, 11) is 2.00. The average molecular weight is 282 g/mol. The third kappa shape index (κ3) is 2.60. The molecule has 3 rings (SSSR count). The zero-order chi connectivity index (χ0) is 13.9. The summed E-state index contributed by atoms with van der Waals surface area (Å²) in [6, 6.07) is 15.1. The van der Waals surface area contributed by atoms with Crippen LogP contribution in [0.15, 0.2) is 47.8 Å². The Morgan fingerprint density at radius 3 is 2.80 bits per heavy atom. The van der Waals surface area contributed by atoms with Gasteiger partial charge in [-0.2, -0.15) is 0 Å². The summed E-state index contributed by atoms with van der Waals surface area (Å²) in [5.41, 5.74) is 3.49. The quantitative estimate of drug-likeness (QED) is 0.779. The van der Waals surface area contributed by atoms with Gasteiger partial charge in [-0.05, 0) is 43.1 Å². The second-order valence-corrected chi connectivity index (χ2v) is 6.04. The fourth-order valence-corrected chi connectivity index (χ4v) is 3.29. The lowest BCUT2D eigenvalue weighted by atomic mass is 10.0. The molecule has 0 saturated heterocycles. The number of likely N-dealkylation sites (N-methyl/N-ethyl adjacent to an activating group) is 1. The lowest BCUT2D eigenvalue weighted by Gasteiger charge is -2.16. The number of hydrogen-bond donors (Lipinski definition) is 1. The number of pyridine rings is 1. The maximum Gasteiger partial charge on any atom is 0.0708 e. The highest BCUT2D eigenvalue weighted by atomic mass is 32.1. The van der Waals surface area contributed by atoms with Gasteiger partial charge < -0.3 is 5.32 Å². The van der Waals surface area contributed by atoms with Gasteiger partial charge in [0, 0.05) is 16.7 Å². The molecule has 2 heterocycles. The van der Waals surface area contributed by atoms with E-state index in [4.69, 9.17) is 4.98 Å². The van der Waals surface area contributed by atoms with Crippen molar-refractivity contribution < 1.29 is 0 Å². The molecule has 3 aromatic rings. The van der Waals surface area contributed by atoms with E-state index in [2.05, 4.69) is 54.0 Å². The Balaban J connectivity index is 1.99. The number of thiophene rings is 1. The molecule has 102 valence electrons. The summed E-state index contributed by atoms with van der Waals surface area (Å²) in [5.74, 6) is 0. The number of hydrogen-bond acceptors (Lipinski definition) is 3. The van der Waals surface area contributed by atoms with E-state index in [0.717, 1.165) is 17.6 Å². The van der Waals surface area contributed by atoms with Gasteiger partial charge in [0.25, 0.3) is 0 Å². The van der Waals surface area contributed by atoms with E-state index in [1.54, 1.807) is 11.3 Å². The fourth-order valence-electron chi connectivity index (χ4n) is 2.54. The van der Waals surface area contributed by atoms with Crippen molar-refractivity contribution in [3.8, 4) is 0 Å². The molecule has 0 aliphatic carbocycles. The van der Waals surface area contributed by atoms with Crippen molar-refractivity contribution in [3.05, 3.63) is 64.0 Å². The van der Waals surface area contributed by atoms with Crippen LogP contribution >= 0.6 is 11.3 Å². The second kappa shape index (κ2) is 5.73. The topological polar surface area (TPSA) is 24.9 Å². The highest BCUT2D eigenvalue weighted by Gasteiger charge is 2.14. The molecular formula is C17H18N2S. The number of aromatic nitrogens is 1. The zero-order valence-corrected chi connectivity index (χ0v) is 12.6. The molecule has 0 bridgehead atoms. The van der Waals surface area contributed by atoms with Crippen LogP contribution < -0.4 is 5.32 Å². The van der Waals surface area contributed by atoms with Crippen molar-refractivity contribution in [1.29, 1.82) is 0 Å². The second-order valence-electron chi connectivity index (χ2n) is 5.01. The summed E-state index contributed by atoms with van der Waals surface area (Å²) < 4.78 is 0. The summed E-state index contributed by atoms with van der Waals surface area (Å²) in [6.07, 6.45) is 0.985. The van der Waals surface area contributed by atoms with Crippen molar-refractivity contribution in [3.63, 3.8) is 0 Å². The van der Waals surface area contributed by atoms with Crippen LogP contribution in [0.4, 0.5) is 0 Å². The van der Waals surface area contributed by atoms with E-state index < -0.39 is 0 Å². The van der Waals surface area contributed by atoms with Crippen molar-refractivity contribution in [2.24, 2.45) is 0 Å². The number of rotatable bonds is 4. The third-order valence-corrected chi connectivity index (χ3v) is 4.53. The highest BCUT2D eigenvalue weighted by Crippen LogP contribution is 2.24. The first-order chi connectivity index (χ1) is 9.78. The van der Waals surface area contributed by atoms with Crippen molar-refractivity contribution in [2.75, 3.05) is 7.05 Å². The Hall–Kier alpha value is -1.71. The lowest BCUT2D eigenvalue weighted by Crippen LogP contribution is -2.19. The predicted molar refractivity (Wildman–Crippen MR) is 86.3 cm³/mol. The molecule has 0 aliphatic heterocycles. The molecule has 0 radical (unpaired) electrons.